The van der Waals surface area contributed by atoms with Crippen molar-refractivity contribution in [2.24, 2.45) is 5.73 Å². The van der Waals surface area contributed by atoms with Crippen molar-refractivity contribution in [2.75, 3.05) is 12.3 Å². The van der Waals surface area contributed by atoms with Gasteiger partial charge in [-0.1, -0.05) is 43.7 Å². The summed E-state index contributed by atoms with van der Waals surface area (Å²) < 4.78 is 0. The molecule has 0 aliphatic carbocycles. The molecule has 0 aliphatic rings. The number of amides is 1. The molecule has 21 heavy (non-hydrogen) atoms. The Morgan fingerprint density at radius 3 is 2.52 bits per heavy atom. The van der Waals surface area contributed by atoms with E-state index in [-0.39, 0.29) is 23.9 Å². The van der Waals surface area contributed by atoms with Gasteiger partial charge >= 0.3 is 0 Å². The van der Waals surface area contributed by atoms with Crippen molar-refractivity contribution >= 4 is 30.1 Å². The van der Waals surface area contributed by atoms with Crippen molar-refractivity contribution in [2.45, 2.75) is 44.9 Å². The van der Waals surface area contributed by atoms with Crippen LogP contribution in [0.3, 0.4) is 0 Å². The number of aryl methyl sites for hydroxylation is 1. The van der Waals surface area contributed by atoms with Crippen molar-refractivity contribution in [1.82, 2.24) is 5.32 Å². The summed E-state index contributed by atoms with van der Waals surface area (Å²) in [6.07, 6.45) is 1.74. The lowest BCUT2D eigenvalue weighted by molar-refractivity contribution is -0.120. The predicted octanol–water partition coefficient (Wildman–Crippen LogP) is 3.28. The van der Waals surface area contributed by atoms with Crippen LogP contribution in [0.5, 0.6) is 0 Å². The Kier molecular flexibility index (Phi) is 9.75. The molecule has 120 valence electrons. The second-order valence-corrected chi connectivity index (χ2v) is 6.21. The number of thioether (sulfide) groups is 1. The molecule has 0 saturated heterocycles. The van der Waals surface area contributed by atoms with E-state index in [4.69, 9.17) is 5.73 Å². The number of hydrogen-bond donors (Lipinski definition) is 2. The standard InChI is InChI=1S/C16H26N2OS.ClH/c1-4-16(5-2,12-17)18-15(19)11-20-10-14-8-6-7-13(3)9-14;/h6-9H,4-5,10-12,17H2,1-3H3,(H,18,19);1H. The van der Waals surface area contributed by atoms with E-state index in [9.17, 15) is 4.79 Å². The molecule has 1 amide bonds. The summed E-state index contributed by atoms with van der Waals surface area (Å²) in [5.41, 5.74) is 8.08. The van der Waals surface area contributed by atoms with Crippen molar-refractivity contribution < 1.29 is 4.79 Å². The fraction of sp³-hybridized carbons (Fsp3) is 0.562. The lowest BCUT2D eigenvalue weighted by Crippen LogP contribution is -2.53. The van der Waals surface area contributed by atoms with E-state index in [0.29, 0.717) is 12.3 Å². The molecule has 0 spiro atoms. The van der Waals surface area contributed by atoms with Crippen molar-refractivity contribution in [3.05, 3.63) is 35.4 Å². The summed E-state index contributed by atoms with van der Waals surface area (Å²) in [4.78, 5) is 12.0. The van der Waals surface area contributed by atoms with Crippen LogP contribution >= 0.6 is 24.2 Å². The first-order valence-corrected chi connectivity index (χ1v) is 8.35. The Morgan fingerprint density at radius 2 is 2.00 bits per heavy atom. The average molecular weight is 331 g/mol. The number of hydrogen-bond acceptors (Lipinski definition) is 3. The molecule has 0 fully saturated rings. The molecule has 3 nitrogen and oxygen atoms in total. The summed E-state index contributed by atoms with van der Waals surface area (Å²) in [5, 5.41) is 3.09. The van der Waals surface area contributed by atoms with Crippen LogP contribution in [0.25, 0.3) is 0 Å². The molecule has 1 aromatic rings. The van der Waals surface area contributed by atoms with Gasteiger partial charge in [-0.05, 0) is 25.3 Å². The number of halogens is 1. The Hall–Kier alpha value is -0.710. The number of carbonyl (C=O) groups is 1. The lowest BCUT2D eigenvalue weighted by Gasteiger charge is -2.31. The Bertz CT molecular complexity index is 428. The second kappa shape index (κ2) is 10.1. The van der Waals surface area contributed by atoms with E-state index < -0.39 is 0 Å². The Morgan fingerprint density at radius 1 is 1.33 bits per heavy atom. The van der Waals surface area contributed by atoms with Crippen molar-refractivity contribution in [3.63, 3.8) is 0 Å². The van der Waals surface area contributed by atoms with E-state index >= 15 is 0 Å². The first kappa shape index (κ1) is 20.3. The molecule has 1 aromatic carbocycles. The predicted molar refractivity (Wildman–Crippen MR) is 95.1 cm³/mol. The largest absolute Gasteiger partial charge is 0.349 e. The number of benzene rings is 1. The summed E-state index contributed by atoms with van der Waals surface area (Å²) >= 11 is 1.64. The Labute approximate surface area is 138 Å². The molecule has 0 heterocycles. The van der Waals surface area contributed by atoms with Crippen LogP contribution in [0.1, 0.15) is 37.8 Å². The minimum Gasteiger partial charge on any atom is -0.349 e. The maximum atomic E-state index is 12.0. The fourth-order valence-corrected chi connectivity index (χ4v) is 2.94. The summed E-state index contributed by atoms with van der Waals surface area (Å²) in [6.45, 7) is 6.71. The highest BCUT2D eigenvalue weighted by atomic mass is 35.5. The van der Waals surface area contributed by atoms with E-state index in [0.717, 1.165) is 18.6 Å². The fourth-order valence-electron chi connectivity index (χ4n) is 2.16. The molecule has 0 radical (unpaired) electrons. The minimum atomic E-state index is -0.235. The third-order valence-corrected chi connectivity index (χ3v) is 4.74. The SMILES string of the molecule is CCC(CC)(CN)NC(=O)CSCc1cccc(C)c1.Cl. The summed E-state index contributed by atoms with van der Waals surface area (Å²) in [7, 11) is 0. The van der Waals surface area contributed by atoms with Crippen LogP contribution in [-0.4, -0.2) is 23.7 Å². The third kappa shape index (κ3) is 6.72. The summed E-state index contributed by atoms with van der Waals surface area (Å²) in [5.74, 6) is 1.43. The molecular weight excluding hydrogens is 304 g/mol. The molecular formula is C16H27ClN2OS. The summed E-state index contributed by atoms with van der Waals surface area (Å²) in [6, 6.07) is 8.39. The smallest absolute Gasteiger partial charge is 0.230 e. The molecule has 3 N–H and O–H groups in total. The number of rotatable bonds is 8. The zero-order chi connectivity index (χ0) is 15.0. The Balaban J connectivity index is 0.00000400. The quantitative estimate of drug-likeness (QED) is 0.769. The van der Waals surface area contributed by atoms with Gasteiger partial charge in [0.05, 0.1) is 11.3 Å². The number of carbonyl (C=O) groups excluding carboxylic acids is 1. The van der Waals surface area contributed by atoms with Gasteiger partial charge in [-0.25, -0.2) is 0 Å². The van der Waals surface area contributed by atoms with Gasteiger partial charge in [0, 0.05) is 12.3 Å². The van der Waals surface area contributed by atoms with Crippen molar-refractivity contribution in [3.8, 4) is 0 Å². The number of nitrogens with one attached hydrogen (secondary N) is 1. The second-order valence-electron chi connectivity index (χ2n) is 5.22. The number of nitrogens with two attached hydrogens (primary N) is 1. The molecule has 5 heteroatoms. The van der Waals surface area contributed by atoms with Gasteiger partial charge in [0.2, 0.25) is 5.91 Å². The third-order valence-electron chi connectivity index (χ3n) is 3.73. The highest BCUT2D eigenvalue weighted by molar-refractivity contribution is 7.99. The molecule has 0 atom stereocenters. The van der Waals surface area contributed by atoms with E-state index in [1.54, 1.807) is 11.8 Å². The van der Waals surface area contributed by atoms with Gasteiger partial charge in [-0.15, -0.1) is 24.2 Å². The van der Waals surface area contributed by atoms with Crippen LogP contribution in [0.15, 0.2) is 24.3 Å². The molecule has 0 bridgehead atoms. The van der Waals surface area contributed by atoms with Crippen LogP contribution in [-0.2, 0) is 10.5 Å². The van der Waals surface area contributed by atoms with E-state index in [2.05, 4.69) is 50.4 Å². The normalized spacial score (nSPS) is 10.9. The molecule has 0 unspecified atom stereocenters. The van der Waals surface area contributed by atoms with Crippen LogP contribution in [0.2, 0.25) is 0 Å². The maximum absolute atomic E-state index is 12.0. The van der Waals surface area contributed by atoms with Gasteiger partial charge in [-0.2, -0.15) is 0 Å². The zero-order valence-electron chi connectivity index (χ0n) is 13.1. The minimum absolute atomic E-state index is 0. The topological polar surface area (TPSA) is 55.1 Å². The maximum Gasteiger partial charge on any atom is 0.230 e. The molecule has 0 aromatic heterocycles. The molecule has 1 rings (SSSR count). The van der Waals surface area contributed by atoms with Gasteiger partial charge < -0.3 is 11.1 Å². The molecule has 0 saturated carbocycles. The lowest BCUT2D eigenvalue weighted by atomic mass is 9.93. The molecule has 0 aliphatic heterocycles. The van der Waals surface area contributed by atoms with Gasteiger partial charge in [0.15, 0.2) is 0 Å². The van der Waals surface area contributed by atoms with Crippen molar-refractivity contribution in [1.29, 1.82) is 0 Å². The first-order valence-electron chi connectivity index (χ1n) is 7.19. The monoisotopic (exact) mass is 330 g/mol. The zero-order valence-corrected chi connectivity index (χ0v) is 14.8. The highest BCUT2D eigenvalue weighted by Crippen LogP contribution is 2.16. The first-order chi connectivity index (χ1) is 9.55. The average Bonchev–Trinajstić information content (AvgIpc) is 2.45. The van der Waals surface area contributed by atoms with E-state index in [1.807, 2.05) is 0 Å². The van der Waals surface area contributed by atoms with Crippen LogP contribution in [0.4, 0.5) is 0 Å². The highest BCUT2D eigenvalue weighted by Gasteiger charge is 2.25. The van der Waals surface area contributed by atoms with Crippen LogP contribution < -0.4 is 11.1 Å². The van der Waals surface area contributed by atoms with E-state index in [1.165, 1.54) is 11.1 Å². The van der Waals surface area contributed by atoms with Gasteiger partial charge in [-0.3, -0.25) is 4.79 Å². The van der Waals surface area contributed by atoms with Gasteiger partial charge in [0.25, 0.3) is 0 Å². The van der Waals surface area contributed by atoms with Crippen LogP contribution in [0, 0.1) is 6.92 Å². The van der Waals surface area contributed by atoms with Gasteiger partial charge in [0.1, 0.15) is 0 Å².